The van der Waals surface area contributed by atoms with Crippen molar-refractivity contribution >= 4 is 0 Å². The Balaban J connectivity index is 1.30. The molecule has 2 fully saturated rings. The minimum absolute atomic E-state index is 0.534. The fourth-order valence-corrected chi connectivity index (χ4v) is 7.52. The van der Waals surface area contributed by atoms with E-state index in [1.807, 2.05) is 6.07 Å². The van der Waals surface area contributed by atoms with Gasteiger partial charge in [-0.1, -0.05) is 64.0 Å². The standard InChI is InChI=1S/C31H46F2/c1-3-5-7-8-9-10-22-12-13-24-19-25(15-14-23(24)18-22)26-16-17-27-20-28(11-6-4-2)30(32)31(33)29(27)21-26/h4,20,22-26H,2-3,5-19,21H2,1H3. The Hall–Kier alpha value is -1.18. The number of benzene rings is 1. The first-order valence-corrected chi connectivity index (χ1v) is 14.2. The largest absolute Gasteiger partial charge is 0.203 e. The first-order valence-electron chi connectivity index (χ1n) is 14.2. The lowest BCUT2D eigenvalue weighted by atomic mass is 9.60. The summed E-state index contributed by atoms with van der Waals surface area (Å²) in [5.41, 5.74) is 2.30. The SMILES string of the molecule is C=CCCc1cc2c(c(F)c1F)CC(C1CCC3CC(CCCCCCC)CCC3C1)CC2. The molecular formula is C31H46F2. The van der Waals surface area contributed by atoms with Gasteiger partial charge in [0.05, 0.1) is 0 Å². The maximum absolute atomic E-state index is 15.0. The molecule has 2 saturated carbocycles. The van der Waals surface area contributed by atoms with Gasteiger partial charge >= 0.3 is 0 Å². The van der Waals surface area contributed by atoms with E-state index in [9.17, 15) is 8.78 Å². The number of hydrogen-bond acceptors (Lipinski definition) is 0. The molecule has 184 valence electrons. The zero-order valence-corrected chi connectivity index (χ0v) is 21.0. The van der Waals surface area contributed by atoms with Crippen molar-refractivity contribution in [1.82, 2.24) is 0 Å². The van der Waals surface area contributed by atoms with Crippen LogP contribution in [0.15, 0.2) is 18.7 Å². The van der Waals surface area contributed by atoms with E-state index in [4.69, 9.17) is 0 Å². The molecule has 0 N–H and O–H groups in total. The molecule has 0 aliphatic heterocycles. The fourth-order valence-electron chi connectivity index (χ4n) is 7.52. The maximum atomic E-state index is 15.0. The van der Waals surface area contributed by atoms with Crippen molar-refractivity contribution in [2.75, 3.05) is 0 Å². The van der Waals surface area contributed by atoms with Crippen LogP contribution < -0.4 is 0 Å². The van der Waals surface area contributed by atoms with Crippen molar-refractivity contribution < 1.29 is 8.78 Å². The number of fused-ring (bicyclic) bond motifs is 2. The summed E-state index contributed by atoms with van der Waals surface area (Å²) >= 11 is 0. The van der Waals surface area contributed by atoms with Crippen molar-refractivity contribution in [1.29, 1.82) is 0 Å². The molecule has 5 unspecified atom stereocenters. The number of aryl methyl sites for hydroxylation is 2. The highest BCUT2D eigenvalue weighted by Crippen LogP contribution is 2.49. The molecule has 0 amide bonds. The summed E-state index contributed by atoms with van der Waals surface area (Å²) < 4.78 is 29.7. The van der Waals surface area contributed by atoms with E-state index in [0.717, 1.165) is 42.6 Å². The van der Waals surface area contributed by atoms with Crippen molar-refractivity contribution in [3.63, 3.8) is 0 Å². The molecule has 3 aliphatic rings. The summed E-state index contributed by atoms with van der Waals surface area (Å²) in [5, 5.41) is 0. The van der Waals surface area contributed by atoms with E-state index in [1.165, 1.54) is 77.0 Å². The molecule has 2 heteroatoms. The predicted molar refractivity (Wildman–Crippen MR) is 135 cm³/mol. The van der Waals surface area contributed by atoms with Crippen LogP contribution in [-0.4, -0.2) is 0 Å². The molecule has 33 heavy (non-hydrogen) atoms. The smallest absolute Gasteiger partial charge is 0.162 e. The third kappa shape index (κ3) is 6.09. The topological polar surface area (TPSA) is 0 Å². The highest BCUT2D eigenvalue weighted by molar-refractivity contribution is 5.37. The molecule has 3 aliphatic carbocycles. The Morgan fingerprint density at radius 3 is 2.39 bits per heavy atom. The molecule has 1 aromatic carbocycles. The molecule has 0 nitrogen and oxygen atoms in total. The highest BCUT2D eigenvalue weighted by atomic mass is 19.2. The number of unbranched alkanes of at least 4 members (excludes halogenated alkanes) is 4. The van der Waals surface area contributed by atoms with Gasteiger partial charge in [-0.3, -0.25) is 0 Å². The minimum Gasteiger partial charge on any atom is -0.203 e. The van der Waals surface area contributed by atoms with Gasteiger partial charge in [-0.05, 0) is 110 Å². The fraction of sp³-hybridized carbons (Fsp3) is 0.742. The maximum Gasteiger partial charge on any atom is 0.162 e. The zero-order valence-electron chi connectivity index (χ0n) is 21.0. The second kappa shape index (κ2) is 12.0. The number of rotatable bonds is 10. The van der Waals surface area contributed by atoms with Gasteiger partial charge in [-0.15, -0.1) is 6.58 Å². The summed E-state index contributed by atoms with van der Waals surface area (Å²) in [7, 11) is 0. The molecule has 0 bridgehead atoms. The molecule has 0 heterocycles. The first kappa shape index (κ1) is 24.9. The van der Waals surface area contributed by atoms with Gasteiger partial charge in [-0.25, -0.2) is 8.78 Å². The zero-order chi connectivity index (χ0) is 23.2. The molecular weight excluding hydrogens is 410 g/mol. The third-order valence-electron chi connectivity index (χ3n) is 9.49. The summed E-state index contributed by atoms with van der Waals surface area (Å²) in [6, 6.07) is 1.95. The molecule has 1 aromatic rings. The summed E-state index contributed by atoms with van der Waals surface area (Å²) in [6.45, 7) is 6.01. The van der Waals surface area contributed by atoms with Crippen molar-refractivity contribution in [2.24, 2.45) is 29.6 Å². The Kier molecular flexibility index (Phi) is 9.05. The second-order valence-corrected chi connectivity index (χ2v) is 11.6. The molecule has 0 radical (unpaired) electrons. The third-order valence-corrected chi connectivity index (χ3v) is 9.49. The molecule has 0 spiro atoms. The Labute approximate surface area is 201 Å². The van der Waals surface area contributed by atoms with Gasteiger partial charge in [0.15, 0.2) is 11.6 Å². The lowest BCUT2D eigenvalue weighted by Crippen LogP contribution is -2.35. The van der Waals surface area contributed by atoms with Crippen LogP contribution in [0.25, 0.3) is 0 Å². The number of allylic oxidation sites excluding steroid dienone is 1. The average Bonchev–Trinajstić information content (AvgIpc) is 2.84. The van der Waals surface area contributed by atoms with E-state index < -0.39 is 11.6 Å². The van der Waals surface area contributed by atoms with Crippen LogP contribution in [0.1, 0.15) is 114 Å². The lowest BCUT2D eigenvalue weighted by molar-refractivity contribution is 0.0686. The van der Waals surface area contributed by atoms with E-state index >= 15 is 0 Å². The van der Waals surface area contributed by atoms with Gasteiger partial charge in [0.1, 0.15) is 0 Å². The van der Waals surface area contributed by atoms with E-state index in [-0.39, 0.29) is 0 Å². The lowest BCUT2D eigenvalue weighted by Gasteiger charge is -2.45. The second-order valence-electron chi connectivity index (χ2n) is 11.6. The van der Waals surface area contributed by atoms with Gasteiger partial charge < -0.3 is 0 Å². The van der Waals surface area contributed by atoms with Crippen molar-refractivity contribution in [3.05, 3.63) is 47.0 Å². The summed E-state index contributed by atoms with van der Waals surface area (Å²) in [4.78, 5) is 0. The normalized spacial score (nSPS) is 29.4. The molecule has 5 atom stereocenters. The van der Waals surface area contributed by atoms with Crippen LogP contribution >= 0.6 is 0 Å². The minimum atomic E-state index is -0.604. The Bertz CT molecular complexity index is 782. The van der Waals surface area contributed by atoms with Crippen LogP contribution in [-0.2, 0) is 19.3 Å². The van der Waals surface area contributed by atoms with Crippen LogP contribution in [0.2, 0.25) is 0 Å². The van der Waals surface area contributed by atoms with Crippen LogP contribution in [0.5, 0.6) is 0 Å². The van der Waals surface area contributed by atoms with Gasteiger partial charge in [-0.2, -0.15) is 0 Å². The average molecular weight is 457 g/mol. The highest BCUT2D eigenvalue weighted by Gasteiger charge is 2.39. The quantitative estimate of drug-likeness (QED) is 0.243. The van der Waals surface area contributed by atoms with E-state index in [1.54, 1.807) is 6.08 Å². The van der Waals surface area contributed by atoms with Gasteiger partial charge in [0, 0.05) is 0 Å². The van der Waals surface area contributed by atoms with Crippen LogP contribution in [0.4, 0.5) is 8.78 Å². The monoisotopic (exact) mass is 456 g/mol. The molecule has 0 saturated heterocycles. The summed E-state index contributed by atoms with van der Waals surface area (Å²) in [6.07, 6.45) is 22.7. The van der Waals surface area contributed by atoms with Gasteiger partial charge in [0.25, 0.3) is 0 Å². The predicted octanol–water partition coefficient (Wildman–Crippen LogP) is 9.38. The summed E-state index contributed by atoms with van der Waals surface area (Å²) in [5.74, 6) is 2.91. The molecule has 0 aromatic heterocycles. The van der Waals surface area contributed by atoms with Crippen LogP contribution in [0.3, 0.4) is 0 Å². The van der Waals surface area contributed by atoms with E-state index in [0.29, 0.717) is 35.8 Å². The Morgan fingerprint density at radius 1 is 0.879 bits per heavy atom. The first-order chi connectivity index (χ1) is 16.1. The molecule has 4 rings (SSSR count). The van der Waals surface area contributed by atoms with Crippen LogP contribution in [0, 0.1) is 41.2 Å². The number of halogens is 2. The Morgan fingerprint density at radius 2 is 1.61 bits per heavy atom. The van der Waals surface area contributed by atoms with Gasteiger partial charge in [0.2, 0.25) is 0 Å². The van der Waals surface area contributed by atoms with E-state index in [2.05, 4.69) is 13.5 Å². The van der Waals surface area contributed by atoms with Crippen molar-refractivity contribution in [2.45, 2.75) is 116 Å². The van der Waals surface area contributed by atoms with Crippen molar-refractivity contribution in [3.8, 4) is 0 Å². The number of hydrogen-bond donors (Lipinski definition) is 0.